The Morgan fingerprint density at radius 1 is 0.579 bits per heavy atom. The first-order valence-electron chi connectivity index (χ1n) is 8.89. The summed E-state index contributed by atoms with van der Waals surface area (Å²) in [6.07, 6.45) is 14.2. The van der Waals surface area contributed by atoms with Crippen LogP contribution in [0.4, 0.5) is 0 Å². The van der Waals surface area contributed by atoms with E-state index >= 15 is 0 Å². The molecule has 0 saturated heterocycles. The molecular weight excluding hydrogens is 230 g/mol. The fourth-order valence-corrected chi connectivity index (χ4v) is 5.10. The van der Waals surface area contributed by atoms with Gasteiger partial charge in [-0.1, -0.05) is 39.5 Å². The molecule has 0 aromatic heterocycles. The molecule has 0 aromatic rings. The summed E-state index contributed by atoms with van der Waals surface area (Å²) < 4.78 is 0. The zero-order valence-electron chi connectivity index (χ0n) is 13.0. The predicted molar refractivity (Wildman–Crippen MR) is 81.9 cm³/mol. The van der Waals surface area contributed by atoms with Crippen LogP contribution in [0.25, 0.3) is 0 Å². The smallest absolute Gasteiger partial charge is 0.0240 e. The van der Waals surface area contributed by atoms with Crippen molar-refractivity contribution in [2.75, 3.05) is 0 Å². The van der Waals surface area contributed by atoms with Crippen LogP contribution in [0.15, 0.2) is 0 Å². The van der Waals surface area contributed by atoms with Crippen molar-refractivity contribution in [3.63, 3.8) is 0 Å². The maximum atomic E-state index is 7.14. The Bertz CT molecular complexity index is 269. The summed E-state index contributed by atoms with van der Waals surface area (Å²) in [7, 11) is 0. The minimum absolute atomic E-state index is 0.223. The monoisotopic (exact) mass is 263 g/mol. The van der Waals surface area contributed by atoms with Gasteiger partial charge in [-0.05, 0) is 68.1 Å². The maximum Gasteiger partial charge on any atom is 0.0240 e. The maximum absolute atomic E-state index is 7.14. The van der Waals surface area contributed by atoms with E-state index in [1.807, 2.05) is 0 Å². The minimum Gasteiger partial charge on any atom is -0.324 e. The molecule has 3 aliphatic carbocycles. The quantitative estimate of drug-likeness (QED) is 0.781. The van der Waals surface area contributed by atoms with Crippen molar-refractivity contribution in [3.05, 3.63) is 0 Å². The fourth-order valence-electron chi connectivity index (χ4n) is 5.10. The van der Waals surface area contributed by atoms with Gasteiger partial charge < -0.3 is 5.73 Å². The van der Waals surface area contributed by atoms with Crippen LogP contribution in [0.5, 0.6) is 0 Å². The van der Waals surface area contributed by atoms with E-state index in [2.05, 4.69) is 13.8 Å². The van der Waals surface area contributed by atoms with Crippen LogP contribution in [0.1, 0.15) is 78.1 Å². The van der Waals surface area contributed by atoms with Gasteiger partial charge in [-0.15, -0.1) is 0 Å². The summed E-state index contributed by atoms with van der Waals surface area (Å²) in [6.45, 7) is 4.85. The molecule has 0 aromatic carbocycles. The third kappa shape index (κ3) is 2.73. The molecule has 0 spiro atoms. The molecule has 3 fully saturated rings. The molecule has 1 heteroatoms. The molecule has 1 nitrogen and oxygen atoms in total. The fraction of sp³-hybridized carbons (Fsp3) is 1.00. The van der Waals surface area contributed by atoms with E-state index in [4.69, 9.17) is 5.73 Å². The number of nitrogens with two attached hydrogens (primary N) is 1. The molecule has 0 radical (unpaired) electrons. The van der Waals surface area contributed by atoms with Gasteiger partial charge in [0.25, 0.3) is 0 Å². The molecule has 0 heterocycles. The predicted octanol–water partition coefficient (Wildman–Crippen LogP) is 4.75. The summed E-state index contributed by atoms with van der Waals surface area (Å²) in [6, 6.07) is 0. The molecule has 0 aliphatic heterocycles. The Kier molecular flexibility index (Phi) is 3.95. The highest BCUT2D eigenvalue weighted by Crippen LogP contribution is 2.53. The van der Waals surface area contributed by atoms with Crippen molar-refractivity contribution in [1.29, 1.82) is 0 Å². The third-order valence-electron chi connectivity index (χ3n) is 6.73. The lowest BCUT2D eigenvalue weighted by atomic mass is 9.61. The van der Waals surface area contributed by atoms with Crippen LogP contribution < -0.4 is 5.73 Å². The second-order valence-electron chi connectivity index (χ2n) is 8.19. The highest BCUT2D eigenvalue weighted by atomic mass is 14.8. The molecule has 110 valence electrons. The largest absolute Gasteiger partial charge is 0.324 e. The normalized spacial score (nSPS) is 43.7. The summed E-state index contributed by atoms with van der Waals surface area (Å²) >= 11 is 0. The molecule has 3 rings (SSSR count). The molecule has 3 aliphatic rings. The molecule has 2 N–H and O–H groups in total. The van der Waals surface area contributed by atoms with E-state index < -0.39 is 0 Å². The van der Waals surface area contributed by atoms with Crippen molar-refractivity contribution in [2.45, 2.75) is 83.6 Å². The van der Waals surface area contributed by atoms with Gasteiger partial charge in [0.1, 0.15) is 0 Å². The van der Waals surface area contributed by atoms with Crippen LogP contribution in [0.3, 0.4) is 0 Å². The molecule has 3 saturated carbocycles. The molecule has 0 atom stereocenters. The summed E-state index contributed by atoms with van der Waals surface area (Å²) in [4.78, 5) is 0. The molecule has 0 unspecified atom stereocenters. The van der Waals surface area contributed by atoms with Gasteiger partial charge >= 0.3 is 0 Å². The van der Waals surface area contributed by atoms with Crippen LogP contribution in [0.2, 0.25) is 0 Å². The van der Waals surface area contributed by atoms with E-state index in [1.165, 1.54) is 64.2 Å². The zero-order valence-corrected chi connectivity index (χ0v) is 13.0. The van der Waals surface area contributed by atoms with E-state index in [0.29, 0.717) is 0 Å². The second-order valence-corrected chi connectivity index (χ2v) is 8.19. The first kappa shape index (κ1) is 13.9. The van der Waals surface area contributed by atoms with Gasteiger partial charge in [-0.3, -0.25) is 0 Å². The lowest BCUT2D eigenvalue weighted by Gasteiger charge is -2.48. The average molecular weight is 263 g/mol. The highest BCUT2D eigenvalue weighted by molar-refractivity contribution is 5.08. The Balaban J connectivity index is 1.71. The van der Waals surface area contributed by atoms with E-state index in [9.17, 15) is 0 Å². The van der Waals surface area contributed by atoms with Gasteiger partial charge in [-0.2, -0.15) is 0 Å². The Labute approximate surface area is 119 Å². The second kappa shape index (κ2) is 5.39. The SMILES string of the molecule is CC1CCC(C(N)(C2CCC(C)CC2)C2CC2)CC1. The van der Waals surface area contributed by atoms with Crippen LogP contribution in [-0.2, 0) is 0 Å². The standard InChI is InChI=1S/C18H33N/c1-13-3-7-15(8-4-13)18(19,17-11-12-17)16-9-5-14(2)6-10-16/h13-17H,3-12,19H2,1-2H3. The van der Waals surface area contributed by atoms with Gasteiger partial charge in [0.15, 0.2) is 0 Å². The molecular formula is C18H33N. The van der Waals surface area contributed by atoms with Crippen LogP contribution >= 0.6 is 0 Å². The average Bonchev–Trinajstić information content (AvgIpc) is 3.24. The topological polar surface area (TPSA) is 26.0 Å². The number of hydrogen-bond acceptors (Lipinski definition) is 1. The van der Waals surface area contributed by atoms with Gasteiger partial charge in [0.2, 0.25) is 0 Å². The minimum atomic E-state index is 0.223. The third-order valence-corrected chi connectivity index (χ3v) is 6.73. The highest BCUT2D eigenvalue weighted by Gasteiger charge is 2.52. The lowest BCUT2D eigenvalue weighted by molar-refractivity contribution is 0.0670. The first-order valence-corrected chi connectivity index (χ1v) is 8.89. The van der Waals surface area contributed by atoms with E-state index in [0.717, 1.165) is 29.6 Å². The molecule has 0 bridgehead atoms. The van der Waals surface area contributed by atoms with Crippen molar-refractivity contribution in [3.8, 4) is 0 Å². The van der Waals surface area contributed by atoms with Gasteiger partial charge in [-0.25, -0.2) is 0 Å². The van der Waals surface area contributed by atoms with Crippen molar-refractivity contribution in [2.24, 2.45) is 35.3 Å². The van der Waals surface area contributed by atoms with E-state index in [-0.39, 0.29) is 5.54 Å². The zero-order chi connectivity index (χ0) is 13.5. The Hall–Kier alpha value is -0.0400. The number of rotatable bonds is 3. The van der Waals surface area contributed by atoms with Crippen molar-refractivity contribution >= 4 is 0 Å². The summed E-state index contributed by atoms with van der Waals surface area (Å²) in [5.41, 5.74) is 7.37. The number of hydrogen-bond donors (Lipinski definition) is 1. The summed E-state index contributed by atoms with van der Waals surface area (Å²) in [5.74, 6) is 4.46. The van der Waals surface area contributed by atoms with Crippen LogP contribution in [0, 0.1) is 29.6 Å². The Morgan fingerprint density at radius 3 is 1.11 bits per heavy atom. The van der Waals surface area contributed by atoms with Crippen LogP contribution in [-0.4, -0.2) is 5.54 Å². The van der Waals surface area contributed by atoms with Gasteiger partial charge in [0, 0.05) is 5.54 Å². The summed E-state index contributed by atoms with van der Waals surface area (Å²) in [5, 5.41) is 0. The first-order chi connectivity index (χ1) is 9.10. The van der Waals surface area contributed by atoms with Crippen molar-refractivity contribution in [1.82, 2.24) is 0 Å². The Morgan fingerprint density at radius 2 is 0.842 bits per heavy atom. The van der Waals surface area contributed by atoms with Crippen molar-refractivity contribution < 1.29 is 0 Å². The molecule has 19 heavy (non-hydrogen) atoms. The lowest BCUT2D eigenvalue weighted by Crippen LogP contribution is -2.56. The van der Waals surface area contributed by atoms with E-state index in [1.54, 1.807) is 0 Å². The van der Waals surface area contributed by atoms with Gasteiger partial charge in [0.05, 0.1) is 0 Å². The molecule has 0 amide bonds.